The summed E-state index contributed by atoms with van der Waals surface area (Å²) < 4.78 is 6.43. The molecule has 1 aliphatic carbocycles. The van der Waals surface area contributed by atoms with Crippen LogP contribution in [-0.2, 0) is 17.6 Å². The maximum atomic E-state index is 9.91. The Kier molecular flexibility index (Phi) is 3.42. The molecule has 5 heteroatoms. The predicted molar refractivity (Wildman–Crippen MR) is 103 cm³/mol. The molecule has 0 amide bonds. The lowest BCUT2D eigenvalue weighted by molar-refractivity contribution is 0.0128. The van der Waals surface area contributed by atoms with E-state index < -0.39 is 0 Å². The predicted octanol–water partition coefficient (Wildman–Crippen LogP) is 2.61. The van der Waals surface area contributed by atoms with E-state index in [0.717, 1.165) is 62.4 Å². The van der Waals surface area contributed by atoms with Crippen molar-refractivity contribution < 1.29 is 9.84 Å². The highest BCUT2D eigenvalue weighted by atomic mass is 16.5. The van der Waals surface area contributed by atoms with E-state index in [1.165, 1.54) is 11.3 Å². The fourth-order valence-electron chi connectivity index (χ4n) is 5.99. The fourth-order valence-corrected chi connectivity index (χ4v) is 5.99. The third-order valence-corrected chi connectivity index (χ3v) is 7.24. The number of hydrogen-bond acceptors (Lipinski definition) is 5. The zero-order valence-corrected chi connectivity index (χ0v) is 15.5. The number of nitrogens with zero attached hydrogens (tertiary/aromatic N) is 3. The van der Waals surface area contributed by atoms with Crippen LogP contribution in [0.2, 0.25) is 0 Å². The summed E-state index contributed by atoms with van der Waals surface area (Å²) in [5.41, 5.74) is 3.57. The molecule has 1 aromatic heterocycles. The van der Waals surface area contributed by atoms with Gasteiger partial charge in [0.1, 0.15) is 5.82 Å². The third kappa shape index (κ3) is 2.25. The van der Waals surface area contributed by atoms with Crippen LogP contribution in [-0.4, -0.2) is 46.5 Å². The first-order valence-corrected chi connectivity index (χ1v) is 10.3. The summed E-state index contributed by atoms with van der Waals surface area (Å²) in [6.07, 6.45) is 5.75. The van der Waals surface area contributed by atoms with E-state index in [9.17, 15) is 5.11 Å². The van der Waals surface area contributed by atoms with Crippen molar-refractivity contribution in [1.29, 1.82) is 0 Å². The second-order valence-corrected chi connectivity index (χ2v) is 8.61. The normalized spacial score (nSPS) is 33.5. The molecule has 1 spiro atoms. The van der Waals surface area contributed by atoms with Gasteiger partial charge >= 0.3 is 0 Å². The van der Waals surface area contributed by atoms with Crippen molar-refractivity contribution in [2.45, 2.75) is 43.8 Å². The van der Waals surface area contributed by atoms with Crippen LogP contribution in [0.25, 0.3) is 11.4 Å². The van der Waals surface area contributed by atoms with Gasteiger partial charge in [0.15, 0.2) is 5.82 Å². The molecular formula is C22H25N3O2. The Balaban J connectivity index is 1.41. The van der Waals surface area contributed by atoms with Crippen molar-refractivity contribution >= 4 is 5.82 Å². The largest absolute Gasteiger partial charge is 0.396 e. The molecule has 2 aromatic rings. The van der Waals surface area contributed by atoms with Gasteiger partial charge in [-0.15, -0.1) is 0 Å². The molecule has 6 rings (SSSR count). The summed E-state index contributed by atoms with van der Waals surface area (Å²) in [7, 11) is 0. The Labute approximate surface area is 159 Å². The lowest BCUT2D eigenvalue weighted by Crippen LogP contribution is -2.37. The molecule has 1 N–H and O–H groups in total. The van der Waals surface area contributed by atoms with Gasteiger partial charge in [0.25, 0.3) is 0 Å². The maximum absolute atomic E-state index is 9.91. The standard InChI is InChI=1S/C22H25N3O2/c26-12-16-17-11-25(13-22(17)10-9-19(16)27-22)21-15-7-4-8-18(15)23-20(24-21)14-5-2-1-3-6-14/h1-3,5-6,16-17,19,26H,4,7-13H2/t16-,17+,19+,22+/m0/s1. The second kappa shape index (κ2) is 5.76. The minimum atomic E-state index is -0.0680. The van der Waals surface area contributed by atoms with Gasteiger partial charge in [-0.2, -0.15) is 0 Å². The SMILES string of the molecule is OC[C@H]1[C@H]2CN(c3nc(-c4ccccc4)nc4c3CCC4)C[C@]23CC[C@H]1O3. The summed E-state index contributed by atoms with van der Waals surface area (Å²) >= 11 is 0. The van der Waals surface area contributed by atoms with Crippen LogP contribution in [0.3, 0.4) is 0 Å². The number of aliphatic hydroxyl groups excluding tert-OH is 1. The van der Waals surface area contributed by atoms with Crippen molar-refractivity contribution in [1.82, 2.24) is 9.97 Å². The molecule has 3 saturated heterocycles. The summed E-state index contributed by atoms with van der Waals surface area (Å²) in [6.45, 7) is 2.09. The molecule has 0 saturated carbocycles. The number of anilines is 1. The maximum Gasteiger partial charge on any atom is 0.161 e. The number of aryl methyl sites for hydroxylation is 1. The number of ether oxygens (including phenoxy) is 1. The average Bonchev–Trinajstić information content (AvgIpc) is 3.46. The zero-order chi connectivity index (χ0) is 18.0. The van der Waals surface area contributed by atoms with Crippen molar-refractivity contribution in [3.63, 3.8) is 0 Å². The quantitative estimate of drug-likeness (QED) is 0.908. The molecule has 4 aliphatic rings. The van der Waals surface area contributed by atoms with Crippen molar-refractivity contribution in [3.05, 3.63) is 41.6 Å². The van der Waals surface area contributed by atoms with Crippen LogP contribution in [0.15, 0.2) is 30.3 Å². The van der Waals surface area contributed by atoms with Crippen LogP contribution in [0.1, 0.15) is 30.5 Å². The first-order valence-electron chi connectivity index (χ1n) is 10.3. The van der Waals surface area contributed by atoms with Crippen LogP contribution in [0.5, 0.6) is 0 Å². The Morgan fingerprint density at radius 3 is 2.93 bits per heavy atom. The zero-order valence-electron chi connectivity index (χ0n) is 15.5. The second-order valence-electron chi connectivity index (χ2n) is 8.61. The van der Waals surface area contributed by atoms with Gasteiger partial charge in [0.2, 0.25) is 0 Å². The van der Waals surface area contributed by atoms with Crippen molar-refractivity contribution in [3.8, 4) is 11.4 Å². The third-order valence-electron chi connectivity index (χ3n) is 7.24. The smallest absolute Gasteiger partial charge is 0.161 e. The molecule has 0 unspecified atom stereocenters. The topological polar surface area (TPSA) is 58.5 Å². The number of rotatable bonds is 3. The number of aliphatic hydroxyl groups is 1. The molecule has 140 valence electrons. The van der Waals surface area contributed by atoms with E-state index >= 15 is 0 Å². The highest BCUT2D eigenvalue weighted by Gasteiger charge is 2.63. The van der Waals surface area contributed by atoms with Crippen molar-refractivity contribution in [2.75, 3.05) is 24.6 Å². The van der Waals surface area contributed by atoms with Gasteiger partial charge < -0.3 is 14.7 Å². The highest BCUT2D eigenvalue weighted by Crippen LogP contribution is 2.55. The molecule has 0 radical (unpaired) electrons. The van der Waals surface area contributed by atoms with Gasteiger partial charge in [-0.1, -0.05) is 30.3 Å². The summed E-state index contributed by atoms with van der Waals surface area (Å²) in [6, 6.07) is 10.3. The molecule has 1 aromatic carbocycles. The lowest BCUT2D eigenvalue weighted by Gasteiger charge is -2.27. The Morgan fingerprint density at radius 2 is 2.07 bits per heavy atom. The van der Waals surface area contributed by atoms with Gasteiger partial charge in [-0.25, -0.2) is 9.97 Å². The highest BCUT2D eigenvalue weighted by molar-refractivity contribution is 5.62. The van der Waals surface area contributed by atoms with E-state index in [1.54, 1.807) is 0 Å². The van der Waals surface area contributed by atoms with Crippen LogP contribution < -0.4 is 4.90 Å². The Hall–Kier alpha value is -1.98. The monoisotopic (exact) mass is 363 g/mol. The molecular weight excluding hydrogens is 338 g/mol. The minimum absolute atomic E-state index is 0.0680. The molecule has 5 nitrogen and oxygen atoms in total. The molecule has 4 atom stereocenters. The van der Waals surface area contributed by atoms with Crippen LogP contribution in [0.4, 0.5) is 5.82 Å². The van der Waals surface area contributed by atoms with Gasteiger partial charge in [-0.3, -0.25) is 0 Å². The van der Waals surface area contributed by atoms with Gasteiger partial charge in [0, 0.05) is 48.4 Å². The molecule has 3 fully saturated rings. The molecule has 3 aliphatic heterocycles. The van der Waals surface area contributed by atoms with E-state index in [4.69, 9.17) is 14.7 Å². The van der Waals surface area contributed by atoms with Crippen molar-refractivity contribution in [2.24, 2.45) is 11.8 Å². The van der Waals surface area contributed by atoms with Gasteiger partial charge in [-0.05, 0) is 32.1 Å². The summed E-state index contributed by atoms with van der Waals surface area (Å²) in [5, 5.41) is 9.91. The van der Waals surface area contributed by atoms with Crippen LogP contribution in [0, 0.1) is 11.8 Å². The van der Waals surface area contributed by atoms with E-state index in [-0.39, 0.29) is 24.2 Å². The van der Waals surface area contributed by atoms with E-state index in [2.05, 4.69) is 17.0 Å². The number of fused-ring (bicyclic) bond motifs is 2. The van der Waals surface area contributed by atoms with Gasteiger partial charge in [0.05, 0.1) is 11.7 Å². The Bertz CT molecular complexity index is 887. The van der Waals surface area contributed by atoms with Crippen LogP contribution >= 0.6 is 0 Å². The number of hydrogen-bond donors (Lipinski definition) is 1. The number of aromatic nitrogens is 2. The first-order chi connectivity index (χ1) is 13.3. The number of benzene rings is 1. The summed E-state index contributed by atoms with van der Waals surface area (Å²) in [5.74, 6) is 2.66. The molecule has 27 heavy (non-hydrogen) atoms. The van der Waals surface area contributed by atoms with E-state index in [0.29, 0.717) is 5.92 Å². The average molecular weight is 363 g/mol. The molecule has 2 bridgehead atoms. The lowest BCUT2D eigenvalue weighted by atomic mass is 9.74. The fraction of sp³-hybridized carbons (Fsp3) is 0.545. The minimum Gasteiger partial charge on any atom is -0.396 e. The summed E-state index contributed by atoms with van der Waals surface area (Å²) in [4.78, 5) is 12.4. The van der Waals surface area contributed by atoms with E-state index in [1.807, 2.05) is 18.2 Å². The first kappa shape index (κ1) is 16.0. The molecule has 4 heterocycles. The Morgan fingerprint density at radius 1 is 1.19 bits per heavy atom.